The van der Waals surface area contributed by atoms with E-state index in [2.05, 4.69) is 49.0 Å². The average molecular weight is 765 g/mol. The lowest BCUT2D eigenvalue weighted by molar-refractivity contribution is -0.891. The third-order valence-electron chi connectivity index (χ3n) is 9.28. The Hall–Kier alpha value is -2.40. The van der Waals surface area contributed by atoms with Gasteiger partial charge in [0.2, 0.25) is 0 Å². The number of halogens is 2. The molecular weight excluding hydrogens is 712 g/mol. The van der Waals surface area contributed by atoms with E-state index in [0.717, 1.165) is 66.4 Å². The molecule has 2 aromatic rings. The monoisotopic (exact) mass is 762 g/mol. The van der Waals surface area contributed by atoms with Gasteiger partial charge in [-0.3, -0.25) is 29.0 Å². The molecule has 46 heavy (non-hydrogen) atoms. The van der Waals surface area contributed by atoms with Gasteiger partial charge in [0.25, 0.3) is 23.6 Å². The van der Waals surface area contributed by atoms with Crippen molar-refractivity contribution < 1.29 is 62.1 Å². The number of nitrogens with zero attached hydrogens (tertiary/aromatic N) is 4. The third kappa shape index (κ3) is 9.58. The van der Waals surface area contributed by atoms with E-state index >= 15 is 0 Å². The van der Waals surface area contributed by atoms with Crippen LogP contribution in [-0.2, 0) is 5.41 Å². The zero-order valence-corrected chi connectivity index (χ0v) is 31.9. The van der Waals surface area contributed by atoms with E-state index < -0.39 is 0 Å². The topological polar surface area (TPSA) is 74.8 Å². The first-order valence-corrected chi connectivity index (χ1v) is 16.2. The number of carbonyl (C=O) groups is 4. The van der Waals surface area contributed by atoms with Crippen molar-refractivity contribution in [2.75, 3.05) is 67.5 Å². The first kappa shape index (κ1) is 39.8. The van der Waals surface area contributed by atoms with E-state index in [0.29, 0.717) is 35.3 Å². The van der Waals surface area contributed by atoms with Gasteiger partial charge in [-0.25, -0.2) is 0 Å². The van der Waals surface area contributed by atoms with Crippen LogP contribution >= 0.6 is 0 Å². The van der Waals surface area contributed by atoms with Crippen LogP contribution in [0.1, 0.15) is 106 Å². The van der Waals surface area contributed by atoms with Gasteiger partial charge < -0.3 is 42.9 Å². The highest BCUT2D eigenvalue weighted by Gasteiger charge is 2.37. The van der Waals surface area contributed by atoms with Crippen molar-refractivity contribution in [2.45, 2.75) is 64.7 Å². The van der Waals surface area contributed by atoms with Crippen LogP contribution in [0.25, 0.3) is 0 Å². The first-order chi connectivity index (χ1) is 20.6. The molecule has 0 atom stereocenters. The van der Waals surface area contributed by atoms with Gasteiger partial charge in [0.15, 0.2) is 0 Å². The number of quaternary nitrogens is 2. The van der Waals surface area contributed by atoms with Crippen LogP contribution in [0.2, 0.25) is 0 Å². The van der Waals surface area contributed by atoms with Crippen molar-refractivity contribution >= 4 is 23.6 Å². The van der Waals surface area contributed by atoms with Crippen LogP contribution in [0.4, 0.5) is 0 Å². The number of amides is 4. The fourth-order valence-electron chi connectivity index (χ4n) is 6.37. The van der Waals surface area contributed by atoms with E-state index in [1.165, 1.54) is 22.6 Å². The Balaban J connectivity index is 0.00000368. The number of benzene rings is 2. The molecule has 0 saturated heterocycles. The summed E-state index contributed by atoms with van der Waals surface area (Å²) in [7, 11) is 8.90. The molecule has 0 fully saturated rings. The molecule has 2 aliphatic heterocycles. The minimum Gasteiger partial charge on any atom is -1.00 e. The van der Waals surface area contributed by atoms with Crippen LogP contribution < -0.4 is 34.0 Å². The SMILES string of the molecule is CC(C)(C)c1ccc2c(c1)C(=O)N(CCC[N+](C)(C)CCCCCC[N+](C)(C)CCCN1C(=O)c3ccccc3C1=O)C2=O.[Br-].[Br-]. The van der Waals surface area contributed by atoms with Gasteiger partial charge in [0.05, 0.1) is 76.6 Å². The maximum Gasteiger partial charge on any atom is 0.261 e. The van der Waals surface area contributed by atoms with Gasteiger partial charge in [-0.2, -0.15) is 0 Å². The zero-order valence-electron chi connectivity index (χ0n) is 28.7. The second-order valence-corrected chi connectivity index (χ2v) is 15.0. The van der Waals surface area contributed by atoms with Crippen molar-refractivity contribution in [3.63, 3.8) is 0 Å². The normalized spacial score (nSPS) is 14.8. The number of carbonyl (C=O) groups excluding carboxylic acids is 4. The summed E-state index contributed by atoms with van der Waals surface area (Å²) in [5.41, 5.74) is 3.10. The van der Waals surface area contributed by atoms with Crippen LogP contribution in [0.15, 0.2) is 42.5 Å². The highest BCUT2D eigenvalue weighted by molar-refractivity contribution is 6.22. The predicted molar refractivity (Wildman–Crippen MR) is 174 cm³/mol. The summed E-state index contributed by atoms with van der Waals surface area (Å²) in [6.45, 7) is 11.2. The van der Waals surface area contributed by atoms with Crippen LogP contribution in [0, 0.1) is 0 Å². The second kappa shape index (κ2) is 16.1. The maximum absolute atomic E-state index is 13.0. The van der Waals surface area contributed by atoms with Crippen molar-refractivity contribution in [3.05, 3.63) is 70.3 Å². The molecule has 4 amide bonds. The van der Waals surface area contributed by atoms with Crippen molar-refractivity contribution in [3.8, 4) is 0 Å². The molecule has 0 saturated carbocycles. The molecule has 0 spiro atoms. The minimum absolute atomic E-state index is 0. The number of hydrogen-bond donors (Lipinski definition) is 0. The van der Waals surface area contributed by atoms with Gasteiger partial charge in [0, 0.05) is 25.9 Å². The standard InChI is InChI=1S/C36H52N4O4.2BrH/c1-36(2,3)27-18-19-30-31(26-27)35(44)38(34(30)43)21-15-25-40(6,7)23-13-9-8-12-22-39(4,5)24-14-20-37-32(41)28-16-10-11-17-29(28)33(37)42;;/h10-11,16-19,26H,8-9,12-15,20-25H2,1-7H3;2*1H/q+2;;/p-2. The highest BCUT2D eigenvalue weighted by Crippen LogP contribution is 2.30. The van der Waals surface area contributed by atoms with Gasteiger partial charge in [-0.05, 0) is 60.9 Å². The molecule has 4 rings (SSSR count). The van der Waals surface area contributed by atoms with Gasteiger partial charge in [-0.1, -0.05) is 39.0 Å². The minimum atomic E-state index is -0.171. The van der Waals surface area contributed by atoms with E-state index in [-0.39, 0.29) is 63.0 Å². The molecule has 10 heteroatoms. The Bertz CT molecular complexity index is 1380. The largest absolute Gasteiger partial charge is 1.00 e. The lowest BCUT2D eigenvalue weighted by Gasteiger charge is -2.31. The summed E-state index contributed by atoms with van der Waals surface area (Å²) in [6, 6.07) is 12.7. The smallest absolute Gasteiger partial charge is 0.261 e. The summed E-state index contributed by atoms with van der Waals surface area (Å²) in [5.74, 6) is -0.668. The fraction of sp³-hybridized carbons (Fsp3) is 0.556. The van der Waals surface area contributed by atoms with E-state index in [1.807, 2.05) is 18.2 Å². The van der Waals surface area contributed by atoms with E-state index in [4.69, 9.17) is 0 Å². The Morgan fingerprint density at radius 3 is 1.30 bits per heavy atom. The number of imide groups is 2. The molecule has 2 heterocycles. The molecule has 2 aliphatic rings. The first-order valence-electron chi connectivity index (χ1n) is 16.2. The second-order valence-electron chi connectivity index (χ2n) is 15.0. The zero-order chi connectivity index (χ0) is 32.3. The molecule has 0 bridgehead atoms. The Morgan fingerprint density at radius 1 is 0.522 bits per heavy atom. The van der Waals surface area contributed by atoms with Crippen LogP contribution in [0.3, 0.4) is 0 Å². The molecule has 0 N–H and O–H groups in total. The molecule has 0 aromatic heterocycles. The lowest BCUT2D eigenvalue weighted by atomic mass is 9.85. The fourth-order valence-corrected chi connectivity index (χ4v) is 6.37. The van der Waals surface area contributed by atoms with E-state index in [9.17, 15) is 19.2 Å². The quantitative estimate of drug-likeness (QED) is 0.138. The summed E-state index contributed by atoms with van der Waals surface area (Å²) < 4.78 is 1.75. The molecule has 2 aromatic carbocycles. The maximum atomic E-state index is 13.0. The molecule has 0 radical (unpaired) electrons. The van der Waals surface area contributed by atoms with Gasteiger partial charge in [-0.15, -0.1) is 0 Å². The Morgan fingerprint density at radius 2 is 0.891 bits per heavy atom. The lowest BCUT2D eigenvalue weighted by Crippen LogP contribution is -3.00. The number of rotatable bonds is 15. The van der Waals surface area contributed by atoms with Crippen molar-refractivity contribution in [1.29, 1.82) is 0 Å². The number of fused-ring (bicyclic) bond motifs is 2. The summed E-state index contributed by atoms with van der Waals surface area (Å²) in [4.78, 5) is 54.0. The molecule has 0 aliphatic carbocycles. The molecule has 8 nitrogen and oxygen atoms in total. The number of hydrogen-bond acceptors (Lipinski definition) is 4. The van der Waals surface area contributed by atoms with Crippen molar-refractivity contribution in [1.82, 2.24) is 9.80 Å². The molecular formula is C36H52Br2N4O4. The Labute approximate surface area is 296 Å². The third-order valence-corrected chi connectivity index (χ3v) is 9.28. The summed E-state index contributed by atoms with van der Waals surface area (Å²) in [6.07, 6.45) is 6.21. The summed E-state index contributed by atoms with van der Waals surface area (Å²) in [5, 5.41) is 0. The number of unbranched alkanes of at least 4 members (excludes halogenated alkanes) is 3. The van der Waals surface area contributed by atoms with Crippen LogP contribution in [-0.4, -0.2) is 110 Å². The molecule has 254 valence electrons. The Kier molecular flexibility index (Phi) is 14.0. The molecule has 0 unspecified atom stereocenters. The van der Waals surface area contributed by atoms with E-state index in [1.54, 1.807) is 24.3 Å². The van der Waals surface area contributed by atoms with Crippen molar-refractivity contribution in [2.24, 2.45) is 0 Å². The van der Waals surface area contributed by atoms with Gasteiger partial charge >= 0.3 is 0 Å². The van der Waals surface area contributed by atoms with Crippen LogP contribution in [0.5, 0.6) is 0 Å². The average Bonchev–Trinajstić information content (AvgIpc) is 3.34. The van der Waals surface area contributed by atoms with Gasteiger partial charge in [0.1, 0.15) is 0 Å². The predicted octanol–water partition coefficient (Wildman–Crippen LogP) is -0.622. The summed E-state index contributed by atoms with van der Waals surface area (Å²) >= 11 is 0. The highest BCUT2D eigenvalue weighted by atomic mass is 79.9.